The third-order valence-corrected chi connectivity index (χ3v) is 3.54. The van der Waals surface area contributed by atoms with E-state index in [1.807, 2.05) is 32.0 Å². The molecule has 1 atom stereocenters. The topological polar surface area (TPSA) is 66.5 Å². The summed E-state index contributed by atoms with van der Waals surface area (Å²) in [6.07, 6.45) is 0.975. The monoisotopic (exact) mass is 363 g/mol. The number of nitrogens with one attached hydrogen (secondary N) is 2. The Bertz CT molecular complexity index is 694. The van der Waals surface area contributed by atoms with Gasteiger partial charge in [-0.25, -0.2) is 5.43 Å². The molecule has 0 aliphatic carbocycles. The van der Waals surface area contributed by atoms with Gasteiger partial charge in [-0.3, -0.25) is 4.79 Å². The van der Waals surface area contributed by atoms with Gasteiger partial charge < -0.3 is 9.72 Å². The zero-order valence-corrected chi connectivity index (χ0v) is 14.3. The van der Waals surface area contributed by atoms with Crippen LogP contribution < -0.4 is 10.2 Å². The number of carbonyl (C=O) groups is 1. The SMILES string of the molecule is Cc1cc(/C=N/NC(=O)[C@@H](C)Oc2cccc(Br)c2)c(C)[nH]1. The lowest BCUT2D eigenvalue weighted by molar-refractivity contribution is -0.127. The number of H-pyrrole nitrogens is 1. The van der Waals surface area contributed by atoms with Crippen LogP contribution in [0.15, 0.2) is 39.9 Å². The molecular formula is C16H18BrN3O2. The number of hydrogen-bond acceptors (Lipinski definition) is 3. The third-order valence-electron chi connectivity index (χ3n) is 3.05. The Labute approximate surface area is 137 Å². The minimum atomic E-state index is -0.638. The molecule has 1 aromatic heterocycles. The van der Waals surface area contributed by atoms with Crippen molar-refractivity contribution in [3.63, 3.8) is 0 Å². The molecule has 1 heterocycles. The maximum absolute atomic E-state index is 11.9. The summed E-state index contributed by atoms with van der Waals surface area (Å²) in [5, 5.41) is 3.96. The number of ether oxygens (including phenoxy) is 1. The highest BCUT2D eigenvalue weighted by molar-refractivity contribution is 9.10. The van der Waals surface area contributed by atoms with Crippen LogP contribution in [0.3, 0.4) is 0 Å². The van der Waals surface area contributed by atoms with Crippen LogP contribution in [0.25, 0.3) is 0 Å². The van der Waals surface area contributed by atoms with Crippen molar-refractivity contribution in [3.8, 4) is 5.75 Å². The number of amides is 1. The number of benzene rings is 1. The molecule has 2 aromatic rings. The Balaban J connectivity index is 1.90. The van der Waals surface area contributed by atoms with Crippen molar-refractivity contribution in [2.75, 3.05) is 0 Å². The summed E-state index contributed by atoms with van der Waals surface area (Å²) in [5.41, 5.74) is 5.49. The van der Waals surface area contributed by atoms with Crippen LogP contribution in [0.2, 0.25) is 0 Å². The average molecular weight is 364 g/mol. The van der Waals surface area contributed by atoms with Gasteiger partial charge in [0.05, 0.1) is 6.21 Å². The number of aryl methyl sites for hydroxylation is 2. The fraction of sp³-hybridized carbons (Fsp3) is 0.250. The van der Waals surface area contributed by atoms with E-state index in [1.54, 1.807) is 25.3 Å². The Morgan fingerprint density at radius 2 is 2.18 bits per heavy atom. The summed E-state index contributed by atoms with van der Waals surface area (Å²) in [4.78, 5) is 15.1. The van der Waals surface area contributed by atoms with E-state index in [9.17, 15) is 4.79 Å². The molecule has 0 unspecified atom stereocenters. The van der Waals surface area contributed by atoms with Gasteiger partial charge in [0.15, 0.2) is 6.10 Å². The second-order valence-electron chi connectivity index (χ2n) is 4.98. The lowest BCUT2D eigenvalue weighted by atomic mass is 10.3. The fourth-order valence-corrected chi connectivity index (χ4v) is 2.31. The smallest absolute Gasteiger partial charge is 0.280 e. The van der Waals surface area contributed by atoms with Crippen LogP contribution in [-0.2, 0) is 4.79 Å². The largest absolute Gasteiger partial charge is 0.481 e. The van der Waals surface area contributed by atoms with Gasteiger partial charge in [-0.1, -0.05) is 22.0 Å². The van der Waals surface area contributed by atoms with E-state index in [0.29, 0.717) is 5.75 Å². The number of carbonyl (C=O) groups excluding carboxylic acids is 1. The molecule has 1 aromatic carbocycles. The van der Waals surface area contributed by atoms with Gasteiger partial charge >= 0.3 is 0 Å². The quantitative estimate of drug-likeness (QED) is 0.632. The van der Waals surface area contributed by atoms with Crippen LogP contribution in [0, 0.1) is 13.8 Å². The highest BCUT2D eigenvalue weighted by Crippen LogP contribution is 2.18. The van der Waals surface area contributed by atoms with Crippen molar-refractivity contribution >= 4 is 28.1 Å². The van der Waals surface area contributed by atoms with Gasteiger partial charge in [0.2, 0.25) is 0 Å². The Morgan fingerprint density at radius 1 is 1.41 bits per heavy atom. The molecule has 0 saturated heterocycles. The second-order valence-corrected chi connectivity index (χ2v) is 5.90. The molecule has 1 amide bonds. The van der Waals surface area contributed by atoms with Gasteiger partial charge in [0, 0.05) is 21.4 Å². The molecule has 0 bridgehead atoms. The first-order chi connectivity index (χ1) is 10.5. The average Bonchev–Trinajstić information content (AvgIpc) is 2.77. The molecule has 2 rings (SSSR count). The lowest BCUT2D eigenvalue weighted by Gasteiger charge is -2.12. The highest BCUT2D eigenvalue weighted by Gasteiger charge is 2.14. The Kier molecular flexibility index (Phi) is 5.38. The first kappa shape index (κ1) is 16.3. The minimum absolute atomic E-state index is 0.305. The summed E-state index contributed by atoms with van der Waals surface area (Å²) >= 11 is 3.36. The summed E-state index contributed by atoms with van der Waals surface area (Å²) in [7, 11) is 0. The van der Waals surface area contributed by atoms with Gasteiger partial charge in [-0.05, 0) is 45.0 Å². The summed E-state index contributed by atoms with van der Waals surface area (Å²) < 4.78 is 6.46. The van der Waals surface area contributed by atoms with E-state index in [-0.39, 0.29) is 5.91 Å². The highest BCUT2D eigenvalue weighted by atomic mass is 79.9. The molecule has 0 radical (unpaired) electrons. The van der Waals surface area contributed by atoms with E-state index in [0.717, 1.165) is 21.4 Å². The van der Waals surface area contributed by atoms with E-state index in [2.05, 4.69) is 31.4 Å². The van der Waals surface area contributed by atoms with Crippen LogP contribution in [0.4, 0.5) is 0 Å². The first-order valence-electron chi connectivity index (χ1n) is 6.87. The normalized spacial score (nSPS) is 12.4. The first-order valence-corrected chi connectivity index (χ1v) is 7.66. The predicted molar refractivity (Wildman–Crippen MR) is 90.2 cm³/mol. The zero-order chi connectivity index (χ0) is 16.1. The second kappa shape index (κ2) is 7.26. The molecule has 116 valence electrons. The number of halogens is 1. The minimum Gasteiger partial charge on any atom is -0.481 e. The number of rotatable bonds is 5. The van der Waals surface area contributed by atoms with Crippen molar-refractivity contribution in [2.45, 2.75) is 26.9 Å². The maximum Gasteiger partial charge on any atom is 0.280 e. The van der Waals surface area contributed by atoms with Crippen LogP contribution in [-0.4, -0.2) is 23.2 Å². The molecule has 5 nitrogen and oxygen atoms in total. The van der Waals surface area contributed by atoms with Crippen molar-refractivity contribution < 1.29 is 9.53 Å². The number of aromatic nitrogens is 1. The van der Waals surface area contributed by atoms with Crippen molar-refractivity contribution in [3.05, 3.63) is 51.8 Å². The van der Waals surface area contributed by atoms with Gasteiger partial charge in [-0.15, -0.1) is 0 Å². The fourth-order valence-electron chi connectivity index (χ4n) is 1.93. The molecule has 0 fully saturated rings. The van der Waals surface area contributed by atoms with E-state index in [4.69, 9.17) is 4.74 Å². The molecule has 0 aliphatic heterocycles. The summed E-state index contributed by atoms with van der Waals surface area (Å²) in [5.74, 6) is 0.319. The number of nitrogens with zero attached hydrogens (tertiary/aromatic N) is 1. The third kappa shape index (κ3) is 4.46. The van der Waals surface area contributed by atoms with Gasteiger partial charge in [-0.2, -0.15) is 5.10 Å². The molecular weight excluding hydrogens is 346 g/mol. The summed E-state index contributed by atoms with van der Waals surface area (Å²) in [6.45, 7) is 5.60. The summed E-state index contributed by atoms with van der Waals surface area (Å²) in [6, 6.07) is 9.30. The zero-order valence-electron chi connectivity index (χ0n) is 12.7. The molecule has 6 heteroatoms. The molecule has 0 saturated carbocycles. The van der Waals surface area contributed by atoms with Crippen LogP contribution >= 0.6 is 15.9 Å². The number of hydrogen-bond donors (Lipinski definition) is 2. The van der Waals surface area contributed by atoms with Crippen molar-refractivity contribution in [1.82, 2.24) is 10.4 Å². The molecule has 0 aliphatic rings. The molecule has 22 heavy (non-hydrogen) atoms. The van der Waals surface area contributed by atoms with Gasteiger partial charge in [0.25, 0.3) is 5.91 Å². The van der Waals surface area contributed by atoms with E-state index in [1.165, 1.54) is 0 Å². The maximum atomic E-state index is 11.9. The Morgan fingerprint density at radius 3 is 2.82 bits per heavy atom. The van der Waals surface area contributed by atoms with Gasteiger partial charge in [0.1, 0.15) is 5.75 Å². The molecule has 0 spiro atoms. The number of aromatic amines is 1. The standard InChI is InChI=1S/C16H18BrN3O2/c1-10-7-13(11(2)19-10)9-18-20-16(21)12(3)22-15-6-4-5-14(17)8-15/h4-9,12,19H,1-3H3,(H,20,21)/b18-9+/t12-/m1/s1. The number of hydrazone groups is 1. The van der Waals surface area contributed by atoms with E-state index < -0.39 is 6.10 Å². The molecule has 2 N–H and O–H groups in total. The lowest BCUT2D eigenvalue weighted by Crippen LogP contribution is -2.33. The van der Waals surface area contributed by atoms with Crippen molar-refractivity contribution in [1.29, 1.82) is 0 Å². The van der Waals surface area contributed by atoms with E-state index >= 15 is 0 Å². The predicted octanol–water partition coefficient (Wildman–Crippen LogP) is 3.31. The van der Waals surface area contributed by atoms with Crippen LogP contribution in [0.1, 0.15) is 23.9 Å². The Hall–Kier alpha value is -2.08. The van der Waals surface area contributed by atoms with Crippen molar-refractivity contribution in [2.24, 2.45) is 5.10 Å². The van der Waals surface area contributed by atoms with Crippen LogP contribution in [0.5, 0.6) is 5.75 Å².